The van der Waals surface area contributed by atoms with E-state index in [1.807, 2.05) is 0 Å². The van der Waals surface area contributed by atoms with Gasteiger partial charge in [0, 0.05) is 17.3 Å². The van der Waals surface area contributed by atoms with E-state index in [9.17, 15) is 14.8 Å². The molecule has 0 spiro atoms. The predicted molar refractivity (Wildman–Crippen MR) is 60.7 cm³/mol. The standard InChI is InChI=1S/C8H12NO6P.Na.H/c1-4-7(11)6(5(3-10)2-9-4)8(12)16(13,14)15;;/h2,8,10-12H,3H2,1H3,(H2,13,14,15);;. The van der Waals surface area contributed by atoms with Gasteiger partial charge in [0.05, 0.1) is 12.3 Å². The first-order chi connectivity index (χ1) is 7.29. The van der Waals surface area contributed by atoms with Crippen LogP contribution in [0.25, 0.3) is 0 Å². The van der Waals surface area contributed by atoms with Crippen molar-refractivity contribution < 1.29 is 29.7 Å². The van der Waals surface area contributed by atoms with Crippen LogP contribution in [0.3, 0.4) is 0 Å². The molecule has 1 heterocycles. The summed E-state index contributed by atoms with van der Waals surface area (Å²) >= 11 is 0. The summed E-state index contributed by atoms with van der Waals surface area (Å²) in [5.41, 5.74) is -0.304. The predicted octanol–water partition coefficient (Wildman–Crippen LogP) is -0.892. The molecule has 1 rings (SSSR count). The number of pyridine rings is 1. The number of rotatable bonds is 3. The summed E-state index contributed by atoms with van der Waals surface area (Å²) in [6.45, 7) is 0.819. The van der Waals surface area contributed by atoms with E-state index in [1.165, 1.54) is 6.92 Å². The Morgan fingerprint density at radius 2 is 2.00 bits per heavy atom. The number of aliphatic hydroxyl groups excluding tert-OH is 2. The zero-order valence-electron chi connectivity index (χ0n) is 8.40. The van der Waals surface area contributed by atoms with Crippen molar-refractivity contribution in [2.45, 2.75) is 19.4 Å². The van der Waals surface area contributed by atoms with Gasteiger partial charge in [0.25, 0.3) is 0 Å². The molecular weight excluding hydrogens is 260 g/mol. The Hall–Kier alpha value is 0.0200. The first-order valence-corrected chi connectivity index (χ1v) is 5.98. The number of aryl methyl sites for hydroxylation is 1. The fraction of sp³-hybridized carbons (Fsp3) is 0.375. The molecule has 92 valence electrons. The molecule has 1 unspecified atom stereocenters. The van der Waals surface area contributed by atoms with E-state index in [-0.39, 0.29) is 46.4 Å². The summed E-state index contributed by atoms with van der Waals surface area (Å²) in [5, 5.41) is 27.9. The van der Waals surface area contributed by atoms with Crippen LogP contribution < -0.4 is 0 Å². The van der Waals surface area contributed by atoms with E-state index in [0.29, 0.717) is 0 Å². The molecule has 0 fully saturated rings. The normalized spacial score (nSPS) is 13.0. The maximum atomic E-state index is 10.9. The van der Waals surface area contributed by atoms with Gasteiger partial charge in [-0.1, -0.05) is 0 Å². The molecule has 0 bridgehead atoms. The molecule has 0 aliphatic heterocycles. The monoisotopic (exact) mass is 273 g/mol. The third kappa shape index (κ3) is 3.74. The average molecular weight is 273 g/mol. The Kier molecular flexibility index (Phi) is 6.27. The summed E-state index contributed by atoms with van der Waals surface area (Å²) in [7, 11) is -4.81. The second-order valence-corrected chi connectivity index (χ2v) is 4.92. The van der Waals surface area contributed by atoms with Gasteiger partial charge in [-0.3, -0.25) is 9.55 Å². The third-order valence-corrected chi connectivity index (χ3v) is 3.00. The molecule has 0 amide bonds. The van der Waals surface area contributed by atoms with Crippen molar-refractivity contribution in [3.05, 3.63) is 23.0 Å². The number of nitrogens with zero attached hydrogens (tertiary/aromatic N) is 1. The Morgan fingerprint density at radius 1 is 1.47 bits per heavy atom. The Bertz CT molecular complexity index is 448. The van der Waals surface area contributed by atoms with Crippen molar-refractivity contribution in [1.29, 1.82) is 0 Å². The minimum atomic E-state index is -4.81. The molecule has 1 atom stereocenters. The summed E-state index contributed by atoms with van der Waals surface area (Å²) in [5.74, 6) is -2.70. The molecule has 7 nitrogen and oxygen atoms in total. The van der Waals surface area contributed by atoms with Gasteiger partial charge >= 0.3 is 37.2 Å². The molecule has 1 aromatic rings. The van der Waals surface area contributed by atoms with Gasteiger partial charge in [-0.25, -0.2) is 0 Å². The number of aliphatic hydroxyl groups is 2. The van der Waals surface area contributed by atoms with Crippen molar-refractivity contribution >= 4 is 37.2 Å². The molecule has 0 saturated heterocycles. The zero-order valence-corrected chi connectivity index (χ0v) is 9.29. The van der Waals surface area contributed by atoms with Crippen molar-refractivity contribution in [2.75, 3.05) is 0 Å². The zero-order chi connectivity index (χ0) is 12.5. The summed E-state index contributed by atoms with van der Waals surface area (Å²) in [6.07, 6.45) is 1.14. The summed E-state index contributed by atoms with van der Waals surface area (Å²) < 4.78 is 10.9. The van der Waals surface area contributed by atoms with Crippen LogP contribution in [0.1, 0.15) is 22.7 Å². The van der Waals surface area contributed by atoms with Crippen LogP contribution in [-0.2, 0) is 11.2 Å². The van der Waals surface area contributed by atoms with Gasteiger partial charge in [-0.15, -0.1) is 0 Å². The van der Waals surface area contributed by atoms with E-state index < -0.39 is 25.8 Å². The van der Waals surface area contributed by atoms with E-state index >= 15 is 0 Å². The Labute approximate surface area is 120 Å². The summed E-state index contributed by atoms with van der Waals surface area (Å²) in [4.78, 5) is 21.3. The van der Waals surface area contributed by atoms with Crippen molar-refractivity contribution in [3.8, 4) is 5.75 Å². The molecular formula is C8H13NNaO6P. The quantitative estimate of drug-likeness (QED) is 0.356. The fourth-order valence-corrected chi connectivity index (χ4v) is 1.86. The minimum absolute atomic E-state index is 0. The van der Waals surface area contributed by atoms with Gasteiger partial charge in [0.15, 0.2) is 5.85 Å². The van der Waals surface area contributed by atoms with Crippen LogP contribution in [0.4, 0.5) is 0 Å². The third-order valence-electron chi connectivity index (χ3n) is 2.10. The van der Waals surface area contributed by atoms with E-state index in [0.717, 1.165) is 6.20 Å². The van der Waals surface area contributed by atoms with Crippen LogP contribution in [-0.4, -0.2) is 59.6 Å². The van der Waals surface area contributed by atoms with Crippen LogP contribution in [0, 0.1) is 6.92 Å². The number of hydrogen-bond donors (Lipinski definition) is 5. The molecule has 0 aliphatic rings. The first kappa shape index (κ1) is 17.0. The molecule has 17 heavy (non-hydrogen) atoms. The van der Waals surface area contributed by atoms with Crippen molar-refractivity contribution in [1.82, 2.24) is 4.98 Å². The number of aromatic nitrogens is 1. The van der Waals surface area contributed by atoms with E-state index in [4.69, 9.17) is 14.9 Å². The molecule has 9 heteroatoms. The van der Waals surface area contributed by atoms with Gasteiger partial charge in [-0.2, -0.15) is 0 Å². The van der Waals surface area contributed by atoms with Crippen molar-refractivity contribution in [2.24, 2.45) is 0 Å². The molecule has 0 aliphatic carbocycles. The van der Waals surface area contributed by atoms with Gasteiger partial charge in [-0.05, 0) is 6.92 Å². The topological polar surface area (TPSA) is 131 Å². The molecule has 0 saturated carbocycles. The molecule has 0 radical (unpaired) electrons. The van der Waals surface area contributed by atoms with Crippen LogP contribution >= 0.6 is 7.60 Å². The molecule has 0 aromatic carbocycles. The van der Waals surface area contributed by atoms with Gasteiger partial charge in [0.2, 0.25) is 0 Å². The van der Waals surface area contributed by atoms with Crippen LogP contribution in [0.15, 0.2) is 6.20 Å². The van der Waals surface area contributed by atoms with E-state index in [1.54, 1.807) is 0 Å². The van der Waals surface area contributed by atoms with Gasteiger partial charge < -0.3 is 25.1 Å². The fourth-order valence-electron chi connectivity index (χ4n) is 1.23. The van der Waals surface area contributed by atoms with Crippen LogP contribution in [0.2, 0.25) is 0 Å². The molecule has 5 N–H and O–H groups in total. The first-order valence-electron chi connectivity index (χ1n) is 4.30. The summed E-state index contributed by atoms with van der Waals surface area (Å²) in [6, 6.07) is 0. The van der Waals surface area contributed by atoms with Crippen LogP contribution in [0.5, 0.6) is 5.75 Å². The van der Waals surface area contributed by atoms with Gasteiger partial charge in [0.1, 0.15) is 5.75 Å². The average Bonchev–Trinajstić information content (AvgIpc) is 2.19. The Morgan fingerprint density at radius 3 is 2.41 bits per heavy atom. The number of hydrogen-bond acceptors (Lipinski definition) is 5. The second-order valence-electron chi connectivity index (χ2n) is 3.25. The van der Waals surface area contributed by atoms with E-state index in [2.05, 4.69) is 4.98 Å². The second kappa shape index (κ2) is 6.26. The Balaban J connectivity index is 0.00000256. The maximum absolute atomic E-state index is 10.9. The number of aromatic hydroxyl groups is 1. The molecule has 1 aromatic heterocycles. The SMILES string of the molecule is Cc1ncc(CO)c(C(O)P(=O)(O)O)c1O.[NaH]. The van der Waals surface area contributed by atoms with Crippen molar-refractivity contribution in [3.63, 3.8) is 0 Å².